The predicted molar refractivity (Wildman–Crippen MR) is 78.0 cm³/mol. The third-order valence-electron chi connectivity index (χ3n) is 2.84. The molecule has 4 nitrogen and oxygen atoms in total. The third kappa shape index (κ3) is 3.95. The van der Waals surface area contributed by atoms with Crippen LogP contribution >= 0.6 is 0 Å². The van der Waals surface area contributed by atoms with Gasteiger partial charge in [0.2, 0.25) is 6.20 Å². The molecular formula is C16H15NO3. The van der Waals surface area contributed by atoms with Gasteiger partial charge in [0.1, 0.15) is 12.4 Å². The summed E-state index contributed by atoms with van der Waals surface area (Å²) < 4.78 is 5.77. The molecule has 20 heavy (non-hydrogen) atoms. The van der Waals surface area contributed by atoms with Crippen LogP contribution in [0.4, 0.5) is 0 Å². The van der Waals surface area contributed by atoms with Gasteiger partial charge in [0.15, 0.2) is 0 Å². The van der Waals surface area contributed by atoms with Crippen LogP contribution in [0.5, 0.6) is 5.75 Å². The molecule has 0 aliphatic heterocycles. The Labute approximate surface area is 117 Å². The van der Waals surface area contributed by atoms with Crippen LogP contribution < -0.4 is 4.74 Å². The molecule has 0 heterocycles. The zero-order valence-electron chi connectivity index (χ0n) is 11.2. The molecule has 0 aliphatic rings. The van der Waals surface area contributed by atoms with E-state index in [0.29, 0.717) is 6.61 Å². The normalized spacial score (nSPS) is 10.7. The van der Waals surface area contributed by atoms with Gasteiger partial charge in [0.05, 0.1) is 4.92 Å². The van der Waals surface area contributed by atoms with E-state index in [1.54, 1.807) is 6.07 Å². The molecule has 0 N–H and O–H groups in total. The van der Waals surface area contributed by atoms with Crippen LogP contribution in [-0.4, -0.2) is 4.92 Å². The minimum atomic E-state index is -0.482. The molecule has 0 fully saturated rings. The number of benzene rings is 2. The van der Waals surface area contributed by atoms with Gasteiger partial charge in [-0.3, -0.25) is 10.1 Å². The molecular weight excluding hydrogens is 254 g/mol. The number of hydrogen-bond donors (Lipinski definition) is 0. The van der Waals surface area contributed by atoms with Gasteiger partial charge >= 0.3 is 0 Å². The van der Waals surface area contributed by atoms with E-state index in [1.807, 2.05) is 49.4 Å². The van der Waals surface area contributed by atoms with Crippen molar-refractivity contribution in [3.05, 3.63) is 81.5 Å². The van der Waals surface area contributed by atoms with Crippen molar-refractivity contribution in [2.75, 3.05) is 0 Å². The molecule has 2 rings (SSSR count). The molecule has 2 aromatic carbocycles. The average Bonchev–Trinajstić information content (AvgIpc) is 2.46. The van der Waals surface area contributed by atoms with Crippen LogP contribution in [0.25, 0.3) is 6.08 Å². The monoisotopic (exact) mass is 269 g/mol. The second-order valence-corrected chi connectivity index (χ2v) is 4.40. The molecule has 0 saturated heterocycles. The van der Waals surface area contributed by atoms with Crippen LogP contribution in [0.1, 0.15) is 16.7 Å². The van der Waals surface area contributed by atoms with Gasteiger partial charge in [-0.2, -0.15) is 0 Å². The molecule has 102 valence electrons. The topological polar surface area (TPSA) is 52.4 Å². The van der Waals surface area contributed by atoms with E-state index in [1.165, 1.54) is 6.08 Å². The van der Waals surface area contributed by atoms with E-state index in [2.05, 4.69) is 0 Å². The van der Waals surface area contributed by atoms with Crippen LogP contribution in [0, 0.1) is 17.0 Å². The lowest BCUT2D eigenvalue weighted by molar-refractivity contribution is -0.400. The Kier molecular flexibility index (Phi) is 4.50. The first-order valence-corrected chi connectivity index (χ1v) is 6.24. The fourth-order valence-electron chi connectivity index (χ4n) is 1.76. The third-order valence-corrected chi connectivity index (χ3v) is 2.84. The Balaban J connectivity index is 2.10. The molecule has 0 atom stereocenters. The van der Waals surface area contributed by atoms with Crippen molar-refractivity contribution >= 4 is 6.08 Å². The van der Waals surface area contributed by atoms with Gasteiger partial charge in [-0.25, -0.2) is 0 Å². The highest BCUT2D eigenvalue weighted by Gasteiger charge is 2.02. The standard InChI is InChI=1S/C16H15NO3/c1-13-7-8-14(9-10-17(18)19)11-16(13)20-12-15-5-3-2-4-6-15/h2-11H,12H2,1H3/b10-9+. The van der Waals surface area contributed by atoms with Crippen molar-refractivity contribution < 1.29 is 9.66 Å². The highest BCUT2D eigenvalue weighted by atomic mass is 16.6. The summed E-state index contributed by atoms with van der Waals surface area (Å²) >= 11 is 0. The summed E-state index contributed by atoms with van der Waals surface area (Å²) in [6.45, 7) is 2.42. The van der Waals surface area contributed by atoms with Crippen LogP contribution in [0.3, 0.4) is 0 Å². The van der Waals surface area contributed by atoms with E-state index >= 15 is 0 Å². The average molecular weight is 269 g/mol. The first-order chi connectivity index (χ1) is 9.65. The number of ether oxygens (including phenoxy) is 1. The fourth-order valence-corrected chi connectivity index (χ4v) is 1.76. The largest absolute Gasteiger partial charge is 0.489 e. The quantitative estimate of drug-likeness (QED) is 0.612. The molecule has 0 amide bonds. The maximum Gasteiger partial charge on any atom is 0.235 e. The fraction of sp³-hybridized carbons (Fsp3) is 0.125. The molecule has 0 unspecified atom stereocenters. The predicted octanol–water partition coefficient (Wildman–Crippen LogP) is 3.82. The van der Waals surface area contributed by atoms with Crippen molar-refractivity contribution in [1.82, 2.24) is 0 Å². The molecule has 0 aromatic heterocycles. The van der Waals surface area contributed by atoms with Gasteiger partial charge in [-0.15, -0.1) is 0 Å². The summed E-state index contributed by atoms with van der Waals surface area (Å²) in [5.74, 6) is 0.736. The maximum atomic E-state index is 10.3. The molecule has 2 aromatic rings. The Morgan fingerprint density at radius 3 is 2.65 bits per heavy atom. The maximum absolute atomic E-state index is 10.3. The van der Waals surface area contributed by atoms with Crippen LogP contribution in [-0.2, 0) is 6.61 Å². The smallest absolute Gasteiger partial charge is 0.235 e. The number of nitro groups is 1. The van der Waals surface area contributed by atoms with E-state index in [4.69, 9.17) is 4.74 Å². The van der Waals surface area contributed by atoms with Crippen LogP contribution in [0.2, 0.25) is 0 Å². The van der Waals surface area contributed by atoms with Gasteiger partial charge in [0.25, 0.3) is 0 Å². The summed E-state index contributed by atoms with van der Waals surface area (Å²) in [4.78, 5) is 9.84. The molecule has 0 bridgehead atoms. The van der Waals surface area contributed by atoms with Gasteiger partial charge in [-0.05, 0) is 29.7 Å². The summed E-state index contributed by atoms with van der Waals surface area (Å²) in [5, 5.41) is 10.3. The number of nitrogens with zero attached hydrogens (tertiary/aromatic N) is 1. The van der Waals surface area contributed by atoms with E-state index in [9.17, 15) is 10.1 Å². The Morgan fingerprint density at radius 1 is 1.20 bits per heavy atom. The van der Waals surface area contributed by atoms with Gasteiger partial charge < -0.3 is 4.74 Å². The summed E-state index contributed by atoms with van der Waals surface area (Å²) in [5.41, 5.74) is 2.83. The Morgan fingerprint density at radius 2 is 1.95 bits per heavy atom. The summed E-state index contributed by atoms with van der Waals surface area (Å²) in [6, 6.07) is 15.4. The van der Waals surface area contributed by atoms with Gasteiger partial charge in [-0.1, -0.05) is 42.5 Å². The molecule has 0 aliphatic carbocycles. The lowest BCUT2D eigenvalue weighted by Gasteiger charge is -2.09. The molecule has 4 heteroatoms. The first kappa shape index (κ1) is 13.8. The number of aryl methyl sites for hydroxylation is 1. The van der Waals surface area contributed by atoms with Crippen molar-refractivity contribution in [2.24, 2.45) is 0 Å². The minimum absolute atomic E-state index is 0.476. The highest BCUT2D eigenvalue weighted by molar-refractivity contribution is 5.52. The SMILES string of the molecule is Cc1ccc(/C=C/[N+](=O)[O-])cc1OCc1ccccc1. The first-order valence-electron chi connectivity index (χ1n) is 6.24. The molecule has 0 radical (unpaired) electrons. The molecule has 0 spiro atoms. The van der Waals surface area contributed by atoms with Gasteiger partial charge in [0, 0.05) is 6.08 Å². The Hall–Kier alpha value is -2.62. The second-order valence-electron chi connectivity index (χ2n) is 4.40. The van der Waals surface area contributed by atoms with Crippen molar-refractivity contribution in [2.45, 2.75) is 13.5 Å². The highest BCUT2D eigenvalue weighted by Crippen LogP contribution is 2.21. The zero-order valence-corrected chi connectivity index (χ0v) is 11.2. The van der Waals surface area contributed by atoms with E-state index in [-0.39, 0.29) is 0 Å². The Bertz CT molecular complexity index is 621. The van der Waals surface area contributed by atoms with Crippen LogP contribution in [0.15, 0.2) is 54.7 Å². The number of rotatable bonds is 5. The van der Waals surface area contributed by atoms with E-state index in [0.717, 1.165) is 28.6 Å². The lowest BCUT2D eigenvalue weighted by atomic mass is 10.1. The summed E-state index contributed by atoms with van der Waals surface area (Å²) in [7, 11) is 0. The second kappa shape index (κ2) is 6.52. The van der Waals surface area contributed by atoms with E-state index < -0.39 is 4.92 Å². The zero-order chi connectivity index (χ0) is 14.4. The lowest BCUT2D eigenvalue weighted by Crippen LogP contribution is -1.97. The minimum Gasteiger partial charge on any atom is -0.489 e. The molecule has 0 saturated carbocycles. The summed E-state index contributed by atoms with van der Waals surface area (Å²) in [6.07, 6.45) is 2.38. The number of hydrogen-bond acceptors (Lipinski definition) is 3. The van der Waals surface area contributed by atoms with Crippen molar-refractivity contribution in [3.63, 3.8) is 0 Å². The van der Waals surface area contributed by atoms with Crippen molar-refractivity contribution in [3.8, 4) is 5.75 Å². The van der Waals surface area contributed by atoms with Crippen molar-refractivity contribution in [1.29, 1.82) is 0 Å².